The summed E-state index contributed by atoms with van der Waals surface area (Å²) in [5.41, 5.74) is 0.822. The molecule has 28 heavy (non-hydrogen) atoms. The topological polar surface area (TPSA) is 58.5 Å². The molecule has 0 unspecified atom stereocenters. The lowest BCUT2D eigenvalue weighted by atomic mass is 10.2. The number of nitrogens with zero attached hydrogens (tertiary/aromatic N) is 2. The maximum atomic E-state index is 13.4. The van der Waals surface area contributed by atoms with Gasteiger partial charge in [0.05, 0.1) is 6.54 Å². The standard InChI is InChI=1S/C20H27FN4OS.HI/c1-5-22-19(25-14-20(2,3)27-4)24-13-15-8-7-11-23-18(15)26-17-10-6-9-16(21)12-17;/h6-12H,5,13-14H2,1-4H3,(H2,22,24,25);1H. The van der Waals surface area contributed by atoms with E-state index < -0.39 is 0 Å². The van der Waals surface area contributed by atoms with Crippen molar-refractivity contribution in [2.24, 2.45) is 4.99 Å². The molecule has 154 valence electrons. The number of halogens is 2. The number of ether oxygens (including phenoxy) is 1. The molecular formula is C20H28FIN4OS. The van der Waals surface area contributed by atoms with Gasteiger partial charge in [0.25, 0.3) is 0 Å². The van der Waals surface area contributed by atoms with Crippen LogP contribution in [-0.2, 0) is 6.54 Å². The van der Waals surface area contributed by atoms with Crippen molar-refractivity contribution in [1.29, 1.82) is 0 Å². The van der Waals surface area contributed by atoms with Gasteiger partial charge in [0.15, 0.2) is 5.96 Å². The van der Waals surface area contributed by atoms with Crippen molar-refractivity contribution in [1.82, 2.24) is 15.6 Å². The number of hydrogen-bond donors (Lipinski definition) is 2. The third-order valence-electron chi connectivity index (χ3n) is 3.85. The van der Waals surface area contributed by atoms with Gasteiger partial charge in [-0.15, -0.1) is 24.0 Å². The largest absolute Gasteiger partial charge is 0.439 e. The van der Waals surface area contributed by atoms with E-state index in [0.717, 1.165) is 24.6 Å². The van der Waals surface area contributed by atoms with E-state index in [0.29, 0.717) is 18.2 Å². The van der Waals surface area contributed by atoms with E-state index in [4.69, 9.17) is 4.74 Å². The molecule has 0 bridgehead atoms. The van der Waals surface area contributed by atoms with E-state index in [1.54, 1.807) is 30.1 Å². The highest BCUT2D eigenvalue weighted by Crippen LogP contribution is 2.24. The Morgan fingerprint density at radius 1 is 1.25 bits per heavy atom. The highest BCUT2D eigenvalue weighted by molar-refractivity contribution is 14.0. The lowest BCUT2D eigenvalue weighted by molar-refractivity contribution is 0.452. The molecule has 0 saturated carbocycles. The molecule has 2 rings (SSSR count). The molecule has 0 saturated heterocycles. The quantitative estimate of drug-likeness (QED) is 0.298. The Balaban J connectivity index is 0.00000392. The van der Waals surface area contributed by atoms with E-state index in [2.05, 4.69) is 40.7 Å². The zero-order valence-electron chi connectivity index (χ0n) is 16.7. The van der Waals surface area contributed by atoms with Crippen molar-refractivity contribution in [2.45, 2.75) is 32.1 Å². The second-order valence-electron chi connectivity index (χ2n) is 6.54. The van der Waals surface area contributed by atoms with Crippen LogP contribution < -0.4 is 15.4 Å². The second-order valence-corrected chi connectivity index (χ2v) is 8.05. The number of aromatic nitrogens is 1. The number of hydrogen-bond acceptors (Lipinski definition) is 4. The molecule has 0 atom stereocenters. The van der Waals surface area contributed by atoms with Crippen LogP contribution in [0.4, 0.5) is 4.39 Å². The molecule has 1 aromatic carbocycles. The number of rotatable bonds is 8. The predicted molar refractivity (Wildman–Crippen MR) is 127 cm³/mol. The Hall–Kier alpha value is -1.55. The van der Waals surface area contributed by atoms with Crippen LogP contribution in [0.3, 0.4) is 0 Å². The van der Waals surface area contributed by atoms with Gasteiger partial charge in [-0.1, -0.05) is 12.1 Å². The first kappa shape index (κ1) is 24.5. The molecule has 5 nitrogen and oxygen atoms in total. The number of guanidine groups is 1. The van der Waals surface area contributed by atoms with Gasteiger partial charge < -0.3 is 15.4 Å². The summed E-state index contributed by atoms with van der Waals surface area (Å²) in [5.74, 6) is 1.22. The van der Waals surface area contributed by atoms with Crippen LogP contribution in [0.2, 0.25) is 0 Å². The fourth-order valence-corrected chi connectivity index (χ4v) is 2.37. The zero-order valence-corrected chi connectivity index (χ0v) is 19.8. The van der Waals surface area contributed by atoms with Crippen LogP contribution >= 0.6 is 35.7 Å². The van der Waals surface area contributed by atoms with E-state index >= 15 is 0 Å². The molecule has 0 radical (unpaired) electrons. The maximum Gasteiger partial charge on any atom is 0.224 e. The molecule has 0 aliphatic rings. The first-order chi connectivity index (χ1) is 12.9. The number of benzene rings is 1. The van der Waals surface area contributed by atoms with Crippen molar-refractivity contribution < 1.29 is 9.13 Å². The van der Waals surface area contributed by atoms with Crippen molar-refractivity contribution >= 4 is 41.7 Å². The summed E-state index contributed by atoms with van der Waals surface area (Å²) in [6.45, 7) is 8.35. The highest BCUT2D eigenvalue weighted by Gasteiger charge is 2.16. The SMILES string of the molecule is CCNC(=NCc1cccnc1Oc1cccc(F)c1)NCC(C)(C)SC.I. The average molecular weight is 518 g/mol. The molecule has 8 heteroatoms. The summed E-state index contributed by atoms with van der Waals surface area (Å²) >= 11 is 1.80. The zero-order chi connectivity index (χ0) is 19.7. The minimum atomic E-state index is -0.349. The fourth-order valence-electron chi connectivity index (χ4n) is 2.15. The van der Waals surface area contributed by atoms with Crippen LogP contribution in [0, 0.1) is 5.82 Å². The molecule has 2 aromatic rings. The smallest absolute Gasteiger partial charge is 0.224 e. The number of aliphatic imine (C=N–C) groups is 1. The summed E-state index contributed by atoms with van der Waals surface area (Å²) < 4.78 is 19.2. The molecule has 0 aliphatic heterocycles. The average Bonchev–Trinajstić information content (AvgIpc) is 2.65. The van der Waals surface area contributed by atoms with E-state index in [1.165, 1.54) is 12.1 Å². The minimum Gasteiger partial charge on any atom is -0.439 e. The highest BCUT2D eigenvalue weighted by atomic mass is 127. The monoisotopic (exact) mass is 518 g/mol. The van der Waals surface area contributed by atoms with Crippen LogP contribution in [0.25, 0.3) is 0 Å². The van der Waals surface area contributed by atoms with Crippen molar-refractivity contribution in [3.63, 3.8) is 0 Å². The first-order valence-electron chi connectivity index (χ1n) is 8.88. The molecule has 1 heterocycles. The van der Waals surface area contributed by atoms with Crippen LogP contribution in [0.5, 0.6) is 11.6 Å². The Morgan fingerprint density at radius 2 is 2.04 bits per heavy atom. The molecule has 0 spiro atoms. The first-order valence-corrected chi connectivity index (χ1v) is 10.1. The fraction of sp³-hybridized carbons (Fsp3) is 0.400. The molecular weight excluding hydrogens is 490 g/mol. The normalized spacial score (nSPS) is 11.5. The van der Waals surface area contributed by atoms with Gasteiger partial charge in [0, 0.05) is 35.7 Å². The summed E-state index contributed by atoms with van der Waals surface area (Å²) in [7, 11) is 0. The number of pyridine rings is 1. The van der Waals surface area contributed by atoms with Gasteiger partial charge in [-0.05, 0) is 45.2 Å². The summed E-state index contributed by atoms with van der Waals surface area (Å²) in [4.78, 5) is 8.90. The van der Waals surface area contributed by atoms with E-state index in [1.807, 2.05) is 19.1 Å². The second kappa shape index (κ2) is 12.1. The molecule has 0 amide bonds. The Kier molecular flexibility index (Phi) is 10.6. The Bertz CT molecular complexity index is 773. The predicted octanol–water partition coefficient (Wildman–Crippen LogP) is 4.83. The minimum absolute atomic E-state index is 0. The van der Waals surface area contributed by atoms with Gasteiger partial charge in [-0.2, -0.15) is 11.8 Å². The summed E-state index contributed by atoms with van der Waals surface area (Å²) in [5, 5.41) is 6.61. The molecule has 2 N–H and O–H groups in total. The molecule has 0 aliphatic carbocycles. The van der Waals surface area contributed by atoms with Gasteiger partial charge in [0.2, 0.25) is 5.88 Å². The van der Waals surface area contributed by atoms with Crippen molar-refractivity contribution in [3.8, 4) is 11.6 Å². The van der Waals surface area contributed by atoms with Crippen molar-refractivity contribution in [2.75, 3.05) is 19.3 Å². The van der Waals surface area contributed by atoms with Crippen LogP contribution in [-0.4, -0.2) is 35.0 Å². The van der Waals surface area contributed by atoms with Gasteiger partial charge in [-0.25, -0.2) is 14.4 Å². The van der Waals surface area contributed by atoms with Crippen LogP contribution in [0.15, 0.2) is 47.6 Å². The Labute approximate surface area is 188 Å². The Morgan fingerprint density at radius 3 is 2.71 bits per heavy atom. The summed E-state index contributed by atoms with van der Waals surface area (Å²) in [6, 6.07) is 9.74. The lowest BCUT2D eigenvalue weighted by Crippen LogP contribution is -2.43. The van der Waals surface area contributed by atoms with Crippen molar-refractivity contribution in [3.05, 3.63) is 54.0 Å². The van der Waals surface area contributed by atoms with Gasteiger partial charge in [-0.3, -0.25) is 0 Å². The van der Waals surface area contributed by atoms with Gasteiger partial charge >= 0.3 is 0 Å². The maximum absolute atomic E-state index is 13.4. The van der Waals surface area contributed by atoms with E-state index in [-0.39, 0.29) is 34.5 Å². The lowest BCUT2D eigenvalue weighted by Gasteiger charge is -2.23. The number of nitrogens with one attached hydrogen (secondary N) is 2. The summed E-state index contributed by atoms with van der Waals surface area (Å²) in [6.07, 6.45) is 3.74. The van der Waals surface area contributed by atoms with E-state index in [9.17, 15) is 4.39 Å². The molecule has 0 fully saturated rings. The van der Waals surface area contributed by atoms with Gasteiger partial charge in [0.1, 0.15) is 11.6 Å². The number of thioether (sulfide) groups is 1. The van der Waals surface area contributed by atoms with Crippen LogP contribution in [0.1, 0.15) is 26.3 Å². The third-order valence-corrected chi connectivity index (χ3v) is 5.10. The molecule has 1 aromatic heterocycles. The third kappa shape index (κ3) is 8.22.